The van der Waals surface area contributed by atoms with Gasteiger partial charge in [-0.25, -0.2) is 10.8 Å². The summed E-state index contributed by atoms with van der Waals surface area (Å²) in [6.45, 7) is 0. The van der Waals surface area contributed by atoms with Crippen LogP contribution >= 0.6 is 27.5 Å². The van der Waals surface area contributed by atoms with E-state index in [1.165, 1.54) is 12.3 Å². The van der Waals surface area contributed by atoms with Crippen molar-refractivity contribution in [2.24, 2.45) is 5.84 Å². The van der Waals surface area contributed by atoms with Crippen LogP contribution in [-0.4, -0.2) is 18.0 Å². The lowest BCUT2D eigenvalue weighted by Gasteiger charge is -2.09. The first-order valence-corrected chi connectivity index (χ1v) is 6.99. The Bertz CT molecular complexity index is 681. The van der Waals surface area contributed by atoms with Gasteiger partial charge in [-0.2, -0.15) is 0 Å². The van der Waals surface area contributed by atoms with E-state index in [1.54, 1.807) is 25.3 Å². The SMILES string of the molecule is COc1cc(NC(=O)c2cnc(NN)c(Cl)c2)ccc1Br. The number of pyridine rings is 1. The van der Waals surface area contributed by atoms with Gasteiger partial charge in [0.15, 0.2) is 5.82 Å². The lowest BCUT2D eigenvalue weighted by molar-refractivity contribution is 0.102. The average molecular weight is 372 g/mol. The number of aromatic nitrogens is 1. The van der Waals surface area contributed by atoms with Gasteiger partial charge in [-0.1, -0.05) is 11.6 Å². The summed E-state index contributed by atoms with van der Waals surface area (Å²) in [5, 5.41) is 3.00. The number of nitrogens with one attached hydrogen (secondary N) is 2. The van der Waals surface area contributed by atoms with Gasteiger partial charge in [0, 0.05) is 18.0 Å². The number of methoxy groups -OCH3 is 1. The molecule has 0 unspecified atom stereocenters. The van der Waals surface area contributed by atoms with Crippen molar-refractivity contribution in [3.63, 3.8) is 0 Å². The number of hydrogen-bond acceptors (Lipinski definition) is 5. The zero-order valence-corrected chi connectivity index (χ0v) is 13.3. The van der Waals surface area contributed by atoms with Crippen molar-refractivity contribution in [3.8, 4) is 5.75 Å². The summed E-state index contributed by atoms with van der Waals surface area (Å²) < 4.78 is 5.97. The van der Waals surface area contributed by atoms with Gasteiger partial charge in [0.2, 0.25) is 0 Å². The second-order valence-corrected chi connectivity index (χ2v) is 5.26. The monoisotopic (exact) mass is 370 g/mol. The Morgan fingerprint density at radius 3 is 2.81 bits per heavy atom. The fraction of sp³-hybridized carbons (Fsp3) is 0.0769. The number of carbonyl (C=O) groups is 1. The van der Waals surface area contributed by atoms with Gasteiger partial charge in [-0.05, 0) is 34.1 Å². The number of ether oxygens (including phenoxy) is 1. The number of rotatable bonds is 4. The van der Waals surface area contributed by atoms with E-state index >= 15 is 0 Å². The summed E-state index contributed by atoms with van der Waals surface area (Å²) in [6.07, 6.45) is 1.38. The molecule has 0 aliphatic rings. The molecule has 2 aromatic rings. The molecule has 0 aliphatic heterocycles. The van der Waals surface area contributed by atoms with Gasteiger partial charge in [-0.3, -0.25) is 4.79 Å². The number of nitrogens with zero attached hydrogens (tertiary/aromatic N) is 1. The highest BCUT2D eigenvalue weighted by molar-refractivity contribution is 9.10. The maximum Gasteiger partial charge on any atom is 0.257 e. The highest BCUT2D eigenvalue weighted by Crippen LogP contribution is 2.28. The summed E-state index contributed by atoms with van der Waals surface area (Å²) in [7, 11) is 1.55. The van der Waals surface area contributed by atoms with Crippen LogP contribution in [0.15, 0.2) is 34.9 Å². The lowest BCUT2D eigenvalue weighted by atomic mass is 10.2. The van der Waals surface area contributed by atoms with E-state index in [9.17, 15) is 4.79 Å². The van der Waals surface area contributed by atoms with Crippen molar-refractivity contribution in [1.82, 2.24) is 4.98 Å². The van der Waals surface area contributed by atoms with Crippen LogP contribution in [-0.2, 0) is 0 Å². The van der Waals surface area contributed by atoms with Crippen LogP contribution in [0.2, 0.25) is 5.02 Å². The maximum absolute atomic E-state index is 12.1. The van der Waals surface area contributed by atoms with E-state index in [2.05, 4.69) is 31.7 Å². The Morgan fingerprint density at radius 1 is 1.43 bits per heavy atom. The molecule has 0 aliphatic carbocycles. The second-order valence-electron chi connectivity index (χ2n) is 4.00. The number of halogens is 2. The third-order valence-corrected chi connectivity index (χ3v) is 3.59. The summed E-state index contributed by atoms with van der Waals surface area (Å²) in [5.74, 6) is 5.82. The Hall–Kier alpha value is -1.83. The smallest absolute Gasteiger partial charge is 0.257 e. The van der Waals surface area contributed by atoms with Gasteiger partial charge >= 0.3 is 0 Å². The van der Waals surface area contributed by atoms with Crippen molar-refractivity contribution in [3.05, 3.63) is 45.5 Å². The molecule has 6 nitrogen and oxygen atoms in total. The molecule has 2 rings (SSSR count). The Balaban J connectivity index is 2.19. The van der Waals surface area contributed by atoms with Crippen LogP contribution in [0, 0.1) is 0 Å². The van der Waals surface area contributed by atoms with E-state index in [1.807, 2.05) is 0 Å². The summed E-state index contributed by atoms with van der Waals surface area (Å²) in [4.78, 5) is 16.1. The number of nitrogens with two attached hydrogens (primary N) is 1. The van der Waals surface area contributed by atoms with Gasteiger partial charge in [0.05, 0.1) is 22.2 Å². The van der Waals surface area contributed by atoms with Crippen molar-refractivity contribution < 1.29 is 9.53 Å². The van der Waals surface area contributed by atoms with Crippen molar-refractivity contribution in [1.29, 1.82) is 0 Å². The zero-order chi connectivity index (χ0) is 15.4. The summed E-state index contributed by atoms with van der Waals surface area (Å²) >= 11 is 9.28. The minimum Gasteiger partial charge on any atom is -0.495 e. The number of amides is 1. The van der Waals surface area contributed by atoms with Crippen LogP contribution in [0.3, 0.4) is 0 Å². The zero-order valence-electron chi connectivity index (χ0n) is 11.0. The highest BCUT2D eigenvalue weighted by Gasteiger charge is 2.11. The minimum absolute atomic E-state index is 0.263. The van der Waals surface area contributed by atoms with Gasteiger partial charge < -0.3 is 15.5 Å². The molecule has 1 aromatic heterocycles. The standard InChI is InChI=1S/C13H12BrClN4O2/c1-21-11-5-8(2-3-9(11)14)18-13(20)7-4-10(15)12(19-16)17-6-7/h2-6H,16H2,1H3,(H,17,19)(H,18,20). The minimum atomic E-state index is -0.336. The number of nitrogen functional groups attached to an aromatic ring is 1. The fourth-order valence-electron chi connectivity index (χ4n) is 1.61. The quantitative estimate of drug-likeness (QED) is 0.568. The molecule has 0 saturated carbocycles. The van der Waals surface area contributed by atoms with Crippen LogP contribution in [0.25, 0.3) is 0 Å². The number of hydrogen-bond donors (Lipinski definition) is 3. The molecule has 1 amide bonds. The molecule has 0 spiro atoms. The second kappa shape index (κ2) is 6.75. The average Bonchev–Trinajstić information content (AvgIpc) is 2.49. The first-order valence-electron chi connectivity index (χ1n) is 5.82. The van der Waals surface area contributed by atoms with E-state index in [0.717, 1.165) is 4.47 Å². The van der Waals surface area contributed by atoms with E-state index < -0.39 is 0 Å². The molecule has 0 bridgehead atoms. The molecule has 1 heterocycles. The number of anilines is 2. The molecule has 21 heavy (non-hydrogen) atoms. The molecule has 0 fully saturated rings. The first-order chi connectivity index (χ1) is 10.0. The maximum atomic E-state index is 12.1. The number of hydrazine groups is 1. The predicted molar refractivity (Wildman–Crippen MR) is 85.7 cm³/mol. The van der Waals surface area contributed by atoms with Gasteiger partial charge in [-0.15, -0.1) is 0 Å². The Labute approximate surface area is 134 Å². The molecule has 110 valence electrons. The topological polar surface area (TPSA) is 89.3 Å². The summed E-state index contributed by atoms with van der Waals surface area (Å²) in [6, 6.07) is 6.71. The largest absolute Gasteiger partial charge is 0.495 e. The third-order valence-electron chi connectivity index (χ3n) is 2.65. The van der Waals surface area contributed by atoms with E-state index in [4.69, 9.17) is 22.2 Å². The van der Waals surface area contributed by atoms with Gasteiger partial charge in [0.25, 0.3) is 5.91 Å². The van der Waals surface area contributed by atoms with E-state index in [0.29, 0.717) is 22.8 Å². The molecule has 8 heteroatoms. The van der Waals surface area contributed by atoms with Gasteiger partial charge in [0.1, 0.15) is 5.75 Å². The number of benzene rings is 1. The molecular weight excluding hydrogens is 360 g/mol. The van der Waals surface area contributed by atoms with Crippen molar-refractivity contribution in [2.45, 2.75) is 0 Å². The molecule has 1 aromatic carbocycles. The van der Waals surface area contributed by atoms with Crippen LogP contribution in [0.5, 0.6) is 5.75 Å². The van der Waals surface area contributed by atoms with Crippen LogP contribution < -0.4 is 21.3 Å². The molecule has 0 atom stereocenters. The fourth-order valence-corrected chi connectivity index (χ4v) is 2.24. The van der Waals surface area contributed by atoms with E-state index in [-0.39, 0.29) is 10.9 Å². The molecular formula is C13H12BrClN4O2. The molecule has 0 saturated heterocycles. The molecule has 4 N–H and O–H groups in total. The summed E-state index contributed by atoms with van der Waals surface area (Å²) in [5.41, 5.74) is 3.25. The molecule has 0 radical (unpaired) electrons. The van der Waals surface area contributed by atoms with Crippen molar-refractivity contribution in [2.75, 3.05) is 17.9 Å². The van der Waals surface area contributed by atoms with Crippen LogP contribution in [0.4, 0.5) is 11.5 Å². The lowest BCUT2D eigenvalue weighted by Crippen LogP contribution is -2.14. The number of carbonyl (C=O) groups excluding carboxylic acids is 1. The Kier molecular flexibility index (Phi) is 5.00. The Morgan fingerprint density at radius 2 is 2.19 bits per heavy atom. The third kappa shape index (κ3) is 3.63. The predicted octanol–water partition coefficient (Wildman–Crippen LogP) is 3.04. The first kappa shape index (κ1) is 15.6. The normalized spacial score (nSPS) is 10.1. The van der Waals surface area contributed by atoms with Crippen molar-refractivity contribution >= 4 is 44.9 Å². The van der Waals surface area contributed by atoms with Crippen LogP contribution in [0.1, 0.15) is 10.4 Å². The highest BCUT2D eigenvalue weighted by atomic mass is 79.9.